The number of phenols is 1. The second kappa shape index (κ2) is 8.54. The first-order chi connectivity index (χ1) is 16.6. The minimum Gasteiger partial charge on any atom is -0.507 e. The highest BCUT2D eigenvalue weighted by atomic mass is 35.5. The third kappa shape index (κ3) is 4.08. The number of nitrogens with one attached hydrogen (secondary N) is 1. The van der Waals surface area contributed by atoms with E-state index >= 15 is 0 Å². The van der Waals surface area contributed by atoms with E-state index in [1.54, 1.807) is 24.5 Å². The fourth-order valence-corrected chi connectivity index (χ4v) is 4.78. The molecule has 0 bridgehead atoms. The van der Waals surface area contributed by atoms with Crippen LogP contribution in [-0.2, 0) is 12.0 Å². The number of amides is 1. The van der Waals surface area contributed by atoms with Gasteiger partial charge in [-0.2, -0.15) is 5.10 Å². The number of rotatable bonds is 4. The Hall–Kier alpha value is -3.64. The summed E-state index contributed by atoms with van der Waals surface area (Å²) in [5.74, 6) is -0.0774. The Morgan fingerprint density at radius 2 is 1.89 bits per heavy atom. The number of phenolic OH excluding ortho intramolecular Hbond substituents is 1. The number of aromatic amines is 1. The van der Waals surface area contributed by atoms with E-state index in [1.165, 1.54) is 5.56 Å². The molecule has 5 rings (SSSR count). The van der Waals surface area contributed by atoms with Crippen LogP contribution in [0.1, 0.15) is 65.1 Å². The number of carbonyl (C=O) groups excluding carboxylic acids is 1. The molecule has 1 unspecified atom stereocenters. The van der Waals surface area contributed by atoms with Crippen molar-refractivity contribution in [2.45, 2.75) is 45.7 Å². The van der Waals surface area contributed by atoms with Crippen LogP contribution in [0.15, 0.2) is 60.9 Å². The zero-order valence-corrected chi connectivity index (χ0v) is 20.9. The van der Waals surface area contributed by atoms with E-state index < -0.39 is 0 Å². The smallest absolute Gasteiger partial charge is 0.273 e. The number of hydrogen-bond donors (Lipinski definition) is 2. The summed E-state index contributed by atoms with van der Waals surface area (Å²) in [6.45, 7) is 8.74. The number of carbonyl (C=O) groups is 1. The van der Waals surface area contributed by atoms with Gasteiger partial charge in [0.15, 0.2) is 0 Å². The number of aromatic hydroxyl groups is 1. The van der Waals surface area contributed by atoms with Crippen LogP contribution >= 0.6 is 11.6 Å². The van der Waals surface area contributed by atoms with E-state index in [4.69, 9.17) is 11.6 Å². The van der Waals surface area contributed by atoms with Crippen molar-refractivity contribution in [1.29, 1.82) is 0 Å². The molecule has 4 aromatic rings. The zero-order valence-electron chi connectivity index (χ0n) is 20.1. The van der Waals surface area contributed by atoms with Gasteiger partial charge in [0.1, 0.15) is 17.1 Å². The maximum absolute atomic E-state index is 13.6. The van der Waals surface area contributed by atoms with Crippen molar-refractivity contribution in [2.75, 3.05) is 0 Å². The maximum Gasteiger partial charge on any atom is 0.273 e. The number of pyridine rings is 1. The highest BCUT2D eigenvalue weighted by Crippen LogP contribution is 2.46. The van der Waals surface area contributed by atoms with Crippen LogP contribution in [0, 0.1) is 6.92 Å². The van der Waals surface area contributed by atoms with Crippen LogP contribution < -0.4 is 0 Å². The molecule has 2 aromatic carbocycles. The van der Waals surface area contributed by atoms with E-state index in [0.717, 1.165) is 22.3 Å². The van der Waals surface area contributed by atoms with Gasteiger partial charge in [0, 0.05) is 35.1 Å². The Morgan fingerprint density at radius 3 is 2.54 bits per heavy atom. The fraction of sp³-hybridized carbons (Fsp3) is 0.250. The lowest BCUT2D eigenvalue weighted by molar-refractivity contribution is 0.0730. The standard InChI is InChI=1S/C28H27ClN4O2/c1-16-12-22(34)20(13-21(16)29)24-23-25(32-31-24)27(35)33(15-17-6-5-11-30-14-17)26(23)18-7-9-19(10-8-18)28(2,3)4/h5-14,26,34H,15H2,1-4H3,(H,31,32). The summed E-state index contributed by atoms with van der Waals surface area (Å²) in [7, 11) is 0. The Balaban J connectivity index is 1.67. The van der Waals surface area contributed by atoms with Crippen LogP contribution in [0.2, 0.25) is 5.02 Å². The van der Waals surface area contributed by atoms with Gasteiger partial charge in [-0.15, -0.1) is 0 Å². The lowest BCUT2D eigenvalue weighted by Gasteiger charge is -2.27. The summed E-state index contributed by atoms with van der Waals surface area (Å²) in [6, 6.07) is 15.1. The summed E-state index contributed by atoms with van der Waals surface area (Å²) >= 11 is 6.40. The molecule has 1 aliphatic rings. The molecule has 0 radical (unpaired) electrons. The van der Waals surface area contributed by atoms with E-state index in [-0.39, 0.29) is 23.1 Å². The molecule has 1 atom stereocenters. The third-order valence-corrected chi connectivity index (χ3v) is 6.97. The number of halogens is 1. The lowest BCUT2D eigenvalue weighted by atomic mass is 9.85. The number of benzene rings is 2. The van der Waals surface area contributed by atoms with Crippen molar-refractivity contribution in [1.82, 2.24) is 20.1 Å². The molecule has 0 spiro atoms. The minimum absolute atomic E-state index is 0.00974. The van der Waals surface area contributed by atoms with Gasteiger partial charge in [-0.3, -0.25) is 14.9 Å². The van der Waals surface area contributed by atoms with Gasteiger partial charge in [-0.05, 0) is 52.8 Å². The highest BCUT2D eigenvalue weighted by molar-refractivity contribution is 6.31. The van der Waals surface area contributed by atoms with E-state index in [0.29, 0.717) is 28.5 Å². The molecule has 1 aliphatic heterocycles. The Bertz CT molecular complexity index is 1410. The van der Waals surface area contributed by atoms with Gasteiger partial charge in [0.05, 0.1) is 6.04 Å². The second-order valence-electron chi connectivity index (χ2n) is 10.0. The predicted octanol–water partition coefficient (Wildman–Crippen LogP) is 6.18. The molecule has 3 heterocycles. The number of aromatic nitrogens is 3. The summed E-state index contributed by atoms with van der Waals surface area (Å²) in [5, 5.41) is 18.7. The first-order valence-corrected chi connectivity index (χ1v) is 11.9. The first kappa shape index (κ1) is 23.1. The lowest BCUT2D eigenvalue weighted by Crippen LogP contribution is -2.29. The van der Waals surface area contributed by atoms with Gasteiger partial charge in [0.25, 0.3) is 5.91 Å². The largest absolute Gasteiger partial charge is 0.507 e. The van der Waals surface area contributed by atoms with Crippen molar-refractivity contribution in [3.05, 3.63) is 99.5 Å². The van der Waals surface area contributed by atoms with Crippen LogP contribution in [0.3, 0.4) is 0 Å². The molecule has 0 aliphatic carbocycles. The molecule has 0 fully saturated rings. The summed E-state index contributed by atoms with van der Waals surface area (Å²) in [5.41, 5.74) is 6.05. The molecule has 7 heteroatoms. The van der Waals surface area contributed by atoms with E-state index in [9.17, 15) is 9.90 Å². The Labute approximate surface area is 209 Å². The van der Waals surface area contributed by atoms with Crippen molar-refractivity contribution < 1.29 is 9.90 Å². The van der Waals surface area contributed by atoms with Gasteiger partial charge >= 0.3 is 0 Å². The average molecular weight is 487 g/mol. The van der Waals surface area contributed by atoms with E-state index in [2.05, 4.69) is 60.2 Å². The molecule has 178 valence electrons. The Morgan fingerprint density at radius 1 is 1.14 bits per heavy atom. The summed E-state index contributed by atoms with van der Waals surface area (Å²) < 4.78 is 0. The average Bonchev–Trinajstić information content (AvgIpc) is 3.36. The summed E-state index contributed by atoms with van der Waals surface area (Å²) in [4.78, 5) is 19.6. The number of fused-ring (bicyclic) bond motifs is 1. The minimum atomic E-state index is -0.389. The molecular weight excluding hydrogens is 460 g/mol. The first-order valence-electron chi connectivity index (χ1n) is 11.5. The maximum atomic E-state index is 13.6. The number of hydrogen-bond acceptors (Lipinski definition) is 4. The van der Waals surface area contributed by atoms with E-state index in [1.807, 2.05) is 24.0 Å². The molecule has 1 amide bonds. The molecule has 0 saturated carbocycles. The van der Waals surface area contributed by atoms with Crippen LogP contribution in [-0.4, -0.2) is 31.1 Å². The third-order valence-electron chi connectivity index (χ3n) is 6.56. The quantitative estimate of drug-likeness (QED) is 0.360. The normalized spacial score (nSPS) is 15.5. The molecule has 2 N–H and O–H groups in total. The predicted molar refractivity (Wildman–Crippen MR) is 137 cm³/mol. The molecule has 6 nitrogen and oxygen atoms in total. The van der Waals surface area contributed by atoms with Gasteiger partial charge < -0.3 is 10.0 Å². The van der Waals surface area contributed by atoms with Crippen molar-refractivity contribution in [3.8, 4) is 17.0 Å². The van der Waals surface area contributed by atoms with Gasteiger partial charge in [0.2, 0.25) is 0 Å². The fourth-order valence-electron chi connectivity index (χ4n) is 4.62. The van der Waals surface area contributed by atoms with Crippen LogP contribution in [0.25, 0.3) is 11.3 Å². The Kier molecular flexibility index (Phi) is 5.64. The van der Waals surface area contributed by atoms with Crippen molar-refractivity contribution >= 4 is 17.5 Å². The highest BCUT2D eigenvalue weighted by Gasteiger charge is 2.42. The van der Waals surface area contributed by atoms with Gasteiger partial charge in [-0.1, -0.05) is 62.7 Å². The number of aryl methyl sites for hydroxylation is 1. The monoisotopic (exact) mass is 486 g/mol. The molecular formula is C28H27ClN4O2. The number of nitrogens with zero attached hydrogens (tertiary/aromatic N) is 3. The molecule has 0 saturated heterocycles. The molecule has 2 aromatic heterocycles. The topological polar surface area (TPSA) is 82.1 Å². The van der Waals surface area contributed by atoms with Crippen LogP contribution in [0.4, 0.5) is 0 Å². The van der Waals surface area contributed by atoms with Crippen LogP contribution in [0.5, 0.6) is 5.75 Å². The van der Waals surface area contributed by atoms with Gasteiger partial charge in [-0.25, -0.2) is 0 Å². The van der Waals surface area contributed by atoms with Crippen molar-refractivity contribution in [3.63, 3.8) is 0 Å². The second-order valence-corrected chi connectivity index (χ2v) is 10.5. The zero-order chi connectivity index (χ0) is 24.9. The summed E-state index contributed by atoms with van der Waals surface area (Å²) in [6.07, 6.45) is 3.48. The molecule has 35 heavy (non-hydrogen) atoms. The SMILES string of the molecule is Cc1cc(O)c(-c2n[nH]c3c2C(c2ccc(C(C)(C)C)cc2)N(Cc2cccnc2)C3=O)cc1Cl. The number of H-pyrrole nitrogens is 1. The van der Waals surface area contributed by atoms with Crippen molar-refractivity contribution in [2.24, 2.45) is 0 Å².